The van der Waals surface area contributed by atoms with E-state index in [4.69, 9.17) is 4.98 Å². The Morgan fingerprint density at radius 1 is 1.06 bits per heavy atom. The number of fused-ring (bicyclic) bond motifs is 1. The van der Waals surface area contributed by atoms with Gasteiger partial charge in [0.05, 0.1) is 16.1 Å². The number of nitrogens with zero attached hydrogens (tertiary/aromatic N) is 4. The molecule has 2 aromatic heterocycles. The summed E-state index contributed by atoms with van der Waals surface area (Å²) in [6, 6.07) is 10.3. The Kier molecular flexibility index (Phi) is 5.40. The van der Waals surface area contributed by atoms with Crippen LogP contribution in [0.5, 0.6) is 0 Å². The van der Waals surface area contributed by atoms with Gasteiger partial charge < -0.3 is 9.80 Å². The standard InChI is InChI=1S/C24H23N5O2S/c1-15-11-16(4-6-20(15)29-9-7-28(2)8-10-29)19-14-25-13-17-3-5-18(26-22(17)19)12-21-23(30)27-24(31)32-21/h3-6,11-14H,7-10H2,1-2H3,(H,27,30,31). The number of pyridine rings is 2. The van der Waals surface area contributed by atoms with Crippen molar-refractivity contribution in [2.24, 2.45) is 0 Å². The van der Waals surface area contributed by atoms with E-state index < -0.39 is 0 Å². The van der Waals surface area contributed by atoms with Gasteiger partial charge in [0, 0.05) is 55.2 Å². The van der Waals surface area contributed by atoms with E-state index in [-0.39, 0.29) is 11.1 Å². The maximum atomic E-state index is 11.9. The van der Waals surface area contributed by atoms with Gasteiger partial charge in [0.1, 0.15) is 0 Å². The number of amides is 2. The highest BCUT2D eigenvalue weighted by Gasteiger charge is 2.25. The van der Waals surface area contributed by atoms with Crippen molar-refractivity contribution in [2.75, 3.05) is 38.1 Å². The van der Waals surface area contributed by atoms with Crippen molar-refractivity contribution in [1.29, 1.82) is 0 Å². The predicted molar refractivity (Wildman–Crippen MR) is 129 cm³/mol. The first-order chi connectivity index (χ1) is 15.5. The number of anilines is 1. The molecule has 1 aromatic carbocycles. The van der Waals surface area contributed by atoms with Crippen LogP contribution in [0.2, 0.25) is 0 Å². The van der Waals surface area contributed by atoms with Gasteiger partial charge in [-0.1, -0.05) is 6.07 Å². The topological polar surface area (TPSA) is 78.4 Å². The highest BCUT2D eigenvalue weighted by atomic mass is 32.2. The SMILES string of the molecule is Cc1cc(-c2cncc3ccc(C=C4SC(=O)NC4=O)nc23)ccc1N1CCN(C)CC1. The number of carbonyl (C=O) groups excluding carboxylic acids is 2. The van der Waals surface area contributed by atoms with E-state index in [1.807, 2.05) is 18.3 Å². The number of likely N-dealkylation sites (N-methyl/N-ethyl adjacent to an activating group) is 1. The first kappa shape index (κ1) is 20.7. The Labute approximate surface area is 190 Å². The monoisotopic (exact) mass is 445 g/mol. The molecule has 2 aliphatic heterocycles. The Hall–Kier alpha value is -3.23. The highest BCUT2D eigenvalue weighted by molar-refractivity contribution is 8.18. The molecule has 0 bridgehead atoms. The molecule has 32 heavy (non-hydrogen) atoms. The summed E-state index contributed by atoms with van der Waals surface area (Å²) in [7, 11) is 2.16. The molecular formula is C24H23N5O2S. The van der Waals surface area contributed by atoms with Crippen LogP contribution in [-0.4, -0.2) is 59.2 Å². The molecule has 2 saturated heterocycles. The fourth-order valence-corrected chi connectivity index (χ4v) is 4.80. The quantitative estimate of drug-likeness (QED) is 0.616. The van der Waals surface area contributed by atoms with Crippen LogP contribution < -0.4 is 10.2 Å². The summed E-state index contributed by atoms with van der Waals surface area (Å²) >= 11 is 0.893. The largest absolute Gasteiger partial charge is 0.369 e. The number of rotatable bonds is 3. The van der Waals surface area contributed by atoms with Crippen LogP contribution in [0.25, 0.3) is 28.1 Å². The number of aromatic nitrogens is 2. The molecule has 0 unspecified atom stereocenters. The number of hydrogen-bond acceptors (Lipinski definition) is 7. The zero-order valence-corrected chi connectivity index (χ0v) is 18.8. The molecule has 0 saturated carbocycles. The molecular weight excluding hydrogens is 422 g/mol. The number of piperazine rings is 1. The van der Waals surface area contributed by atoms with Crippen LogP contribution in [0, 0.1) is 6.92 Å². The lowest BCUT2D eigenvalue weighted by Crippen LogP contribution is -2.44. The van der Waals surface area contributed by atoms with E-state index in [9.17, 15) is 9.59 Å². The number of aryl methyl sites for hydroxylation is 1. The lowest BCUT2D eigenvalue weighted by Gasteiger charge is -2.35. The van der Waals surface area contributed by atoms with Crippen molar-refractivity contribution >= 4 is 45.6 Å². The first-order valence-corrected chi connectivity index (χ1v) is 11.3. The van der Waals surface area contributed by atoms with Crippen molar-refractivity contribution in [1.82, 2.24) is 20.2 Å². The van der Waals surface area contributed by atoms with Gasteiger partial charge in [0.15, 0.2) is 0 Å². The molecule has 0 radical (unpaired) electrons. The highest BCUT2D eigenvalue weighted by Crippen LogP contribution is 2.32. The van der Waals surface area contributed by atoms with Crippen LogP contribution in [0.1, 0.15) is 11.3 Å². The second-order valence-electron chi connectivity index (χ2n) is 8.14. The maximum absolute atomic E-state index is 11.9. The van der Waals surface area contributed by atoms with Gasteiger partial charge in [0.2, 0.25) is 0 Å². The van der Waals surface area contributed by atoms with Crippen molar-refractivity contribution < 1.29 is 9.59 Å². The van der Waals surface area contributed by atoms with E-state index in [0.29, 0.717) is 10.6 Å². The smallest absolute Gasteiger partial charge is 0.290 e. The molecule has 162 valence electrons. The first-order valence-electron chi connectivity index (χ1n) is 10.5. The zero-order valence-electron chi connectivity index (χ0n) is 18.0. The summed E-state index contributed by atoms with van der Waals surface area (Å²) in [5.41, 5.74) is 5.93. The third-order valence-electron chi connectivity index (χ3n) is 5.89. The van der Waals surface area contributed by atoms with E-state index in [1.165, 1.54) is 11.3 Å². The van der Waals surface area contributed by atoms with Gasteiger partial charge in [-0.25, -0.2) is 4.98 Å². The molecule has 0 atom stereocenters. The summed E-state index contributed by atoms with van der Waals surface area (Å²) in [6.07, 6.45) is 5.27. The minimum atomic E-state index is -0.382. The average molecular weight is 446 g/mol. The number of hydrogen-bond donors (Lipinski definition) is 1. The third kappa shape index (κ3) is 3.99. The number of benzene rings is 1. The fourth-order valence-electron chi connectivity index (χ4n) is 4.13. The summed E-state index contributed by atoms with van der Waals surface area (Å²) < 4.78 is 0. The van der Waals surface area contributed by atoms with Crippen LogP contribution >= 0.6 is 11.8 Å². The number of imide groups is 1. The predicted octanol–water partition coefficient (Wildman–Crippen LogP) is 3.68. The van der Waals surface area contributed by atoms with Crippen molar-refractivity contribution in [3.05, 3.63) is 58.9 Å². The Balaban J connectivity index is 1.51. The van der Waals surface area contributed by atoms with Crippen LogP contribution in [0.3, 0.4) is 0 Å². The molecule has 0 aliphatic carbocycles. The summed E-state index contributed by atoms with van der Waals surface area (Å²) in [4.78, 5) is 37.7. The van der Waals surface area contributed by atoms with Gasteiger partial charge in [-0.15, -0.1) is 0 Å². The maximum Gasteiger partial charge on any atom is 0.290 e. The molecule has 2 amide bonds. The zero-order chi connectivity index (χ0) is 22.2. The molecule has 2 fully saturated rings. The van der Waals surface area contributed by atoms with E-state index in [1.54, 1.807) is 12.3 Å². The lowest BCUT2D eigenvalue weighted by molar-refractivity contribution is -0.115. The lowest BCUT2D eigenvalue weighted by atomic mass is 10.0. The summed E-state index contributed by atoms with van der Waals surface area (Å²) in [5.74, 6) is -0.382. The van der Waals surface area contributed by atoms with E-state index in [2.05, 4.69) is 52.3 Å². The van der Waals surface area contributed by atoms with Crippen LogP contribution in [0.15, 0.2) is 47.6 Å². The Bertz CT molecular complexity index is 1260. The third-order valence-corrected chi connectivity index (χ3v) is 6.70. The minimum absolute atomic E-state index is 0.352. The van der Waals surface area contributed by atoms with Crippen LogP contribution in [0.4, 0.5) is 10.5 Å². The van der Waals surface area contributed by atoms with Gasteiger partial charge in [-0.3, -0.25) is 19.9 Å². The second kappa shape index (κ2) is 8.37. The number of carbonyl (C=O) groups is 2. The number of nitrogens with one attached hydrogen (secondary N) is 1. The molecule has 7 nitrogen and oxygen atoms in total. The van der Waals surface area contributed by atoms with Gasteiger partial charge >= 0.3 is 0 Å². The molecule has 3 aromatic rings. The van der Waals surface area contributed by atoms with E-state index in [0.717, 1.165) is 60.0 Å². The van der Waals surface area contributed by atoms with Gasteiger partial charge in [0.25, 0.3) is 11.1 Å². The van der Waals surface area contributed by atoms with Crippen molar-refractivity contribution in [3.8, 4) is 11.1 Å². The van der Waals surface area contributed by atoms with Gasteiger partial charge in [-0.05, 0) is 67.2 Å². The molecule has 2 aliphatic rings. The van der Waals surface area contributed by atoms with Crippen molar-refractivity contribution in [3.63, 3.8) is 0 Å². The number of thioether (sulfide) groups is 1. The van der Waals surface area contributed by atoms with Crippen LogP contribution in [-0.2, 0) is 4.79 Å². The molecule has 4 heterocycles. The molecule has 8 heteroatoms. The average Bonchev–Trinajstić information content (AvgIpc) is 3.10. The Morgan fingerprint density at radius 3 is 2.59 bits per heavy atom. The molecule has 1 N–H and O–H groups in total. The van der Waals surface area contributed by atoms with E-state index >= 15 is 0 Å². The Morgan fingerprint density at radius 2 is 1.88 bits per heavy atom. The summed E-state index contributed by atoms with van der Waals surface area (Å²) in [5, 5.41) is 2.84. The minimum Gasteiger partial charge on any atom is -0.369 e. The normalized spacial score (nSPS) is 18.6. The van der Waals surface area contributed by atoms with Crippen molar-refractivity contribution in [2.45, 2.75) is 6.92 Å². The van der Waals surface area contributed by atoms with Gasteiger partial charge in [-0.2, -0.15) is 0 Å². The summed E-state index contributed by atoms with van der Waals surface area (Å²) in [6.45, 7) is 6.34. The second-order valence-corrected chi connectivity index (χ2v) is 9.15. The molecule has 5 rings (SSSR count). The fraction of sp³-hybridized carbons (Fsp3) is 0.250. The molecule has 0 spiro atoms.